The first kappa shape index (κ1) is 14.1. The molecule has 100 valence electrons. The number of ether oxygens (including phenoxy) is 1. The molecular weight excluding hydrogens is 232 g/mol. The van der Waals surface area contributed by atoms with Crippen LogP contribution in [0.5, 0.6) is 0 Å². The standard InChI is InChI=1S/C9H18N2O6/c10-9(16)11-2-1-4(13)8-7(15)6(14)5(3-12)17-8/h4-8,12-15H,1-3H2,(H3,10,11,16)/t4?,5-,6-,7-,8?/m1/s1. The summed E-state index contributed by atoms with van der Waals surface area (Å²) in [4.78, 5) is 10.4. The molecule has 0 aliphatic carbocycles. The number of nitrogens with two attached hydrogens (primary N) is 1. The van der Waals surface area contributed by atoms with Gasteiger partial charge in [-0.05, 0) is 6.42 Å². The first-order valence-corrected chi connectivity index (χ1v) is 5.31. The van der Waals surface area contributed by atoms with E-state index in [1.807, 2.05) is 0 Å². The van der Waals surface area contributed by atoms with Gasteiger partial charge in [-0.1, -0.05) is 0 Å². The Morgan fingerprint density at radius 1 is 1.41 bits per heavy atom. The molecule has 1 heterocycles. The highest BCUT2D eigenvalue weighted by Crippen LogP contribution is 2.24. The van der Waals surface area contributed by atoms with Gasteiger partial charge in [-0.2, -0.15) is 0 Å². The molecule has 17 heavy (non-hydrogen) atoms. The van der Waals surface area contributed by atoms with Gasteiger partial charge in [0.25, 0.3) is 0 Å². The van der Waals surface area contributed by atoms with Crippen molar-refractivity contribution in [3.8, 4) is 0 Å². The SMILES string of the molecule is NC(=O)NCCC(O)C1O[C@H](CO)[C@@H](O)[C@H]1O. The number of rotatable bonds is 5. The molecule has 0 aromatic rings. The summed E-state index contributed by atoms with van der Waals surface area (Å²) in [6.45, 7) is -0.316. The van der Waals surface area contributed by atoms with Crippen LogP contribution in [-0.2, 0) is 4.74 Å². The second-order valence-electron chi connectivity index (χ2n) is 3.95. The lowest BCUT2D eigenvalue weighted by Gasteiger charge is -2.20. The first-order valence-electron chi connectivity index (χ1n) is 5.31. The predicted octanol–water partition coefficient (Wildman–Crippen LogP) is -3.11. The fourth-order valence-electron chi connectivity index (χ4n) is 1.75. The molecule has 1 aliphatic heterocycles. The number of carbonyl (C=O) groups is 1. The Balaban J connectivity index is 2.41. The predicted molar refractivity (Wildman–Crippen MR) is 56.0 cm³/mol. The fourth-order valence-corrected chi connectivity index (χ4v) is 1.75. The van der Waals surface area contributed by atoms with Gasteiger partial charge >= 0.3 is 6.03 Å². The molecule has 1 fully saturated rings. The first-order chi connectivity index (χ1) is 7.97. The van der Waals surface area contributed by atoms with Gasteiger partial charge < -0.3 is 36.2 Å². The summed E-state index contributed by atoms with van der Waals surface area (Å²) >= 11 is 0. The minimum atomic E-state index is -1.27. The van der Waals surface area contributed by atoms with Crippen LogP contribution < -0.4 is 11.1 Å². The Kier molecular flexibility index (Phi) is 5.09. The summed E-state index contributed by atoms with van der Waals surface area (Å²) in [6.07, 6.45) is -5.34. The van der Waals surface area contributed by atoms with Crippen molar-refractivity contribution in [3.05, 3.63) is 0 Å². The van der Waals surface area contributed by atoms with Crippen molar-refractivity contribution in [1.29, 1.82) is 0 Å². The molecule has 2 amide bonds. The van der Waals surface area contributed by atoms with Crippen molar-refractivity contribution in [2.45, 2.75) is 36.9 Å². The lowest BCUT2D eigenvalue weighted by atomic mass is 10.0. The molecule has 0 saturated carbocycles. The lowest BCUT2D eigenvalue weighted by molar-refractivity contribution is -0.0760. The number of aliphatic hydroxyl groups is 4. The Morgan fingerprint density at radius 2 is 2.06 bits per heavy atom. The van der Waals surface area contributed by atoms with Crippen LogP contribution in [0, 0.1) is 0 Å². The highest BCUT2D eigenvalue weighted by atomic mass is 16.6. The highest BCUT2D eigenvalue weighted by Gasteiger charge is 2.45. The third-order valence-corrected chi connectivity index (χ3v) is 2.70. The number of amides is 2. The Bertz CT molecular complexity index is 264. The minimum absolute atomic E-state index is 0.121. The highest BCUT2D eigenvalue weighted by molar-refractivity contribution is 5.71. The van der Waals surface area contributed by atoms with Crippen molar-refractivity contribution in [3.63, 3.8) is 0 Å². The van der Waals surface area contributed by atoms with E-state index in [-0.39, 0.29) is 13.0 Å². The molecule has 0 aromatic heterocycles. The van der Waals surface area contributed by atoms with Gasteiger partial charge in [0.15, 0.2) is 0 Å². The van der Waals surface area contributed by atoms with Gasteiger partial charge in [-0.25, -0.2) is 4.79 Å². The smallest absolute Gasteiger partial charge is 0.312 e. The second kappa shape index (κ2) is 6.12. The molecular formula is C9H18N2O6. The molecule has 2 unspecified atom stereocenters. The lowest BCUT2D eigenvalue weighted by Crippen LogP contribution is -2.41. The normalized spacial score (nSPS) is 34.6. The molecule has 8 heteroatoms. The van der Waals surface area contributed by atoms with Crippen molar-refractivity contribution < 1.29 is 30.0 Å². The van der Waals surface area contributed by atoms with Crippen LogP contribution in [0.15, 0.2) is 0 Å². The van der Waals surface area contributed by atoms with E-state index in [4.69, 9.17) is 15.6 Å². The summed E-state index contributed by atoms with van der Waals surface area (Å²) < 4.78 is 5.11. The molecule has 0 aromatic carbocycles. The fraction of sp³-hybridized carbons (Fsp3) is 0.889. The maximum atomic E-state index is 10.4. The summed E-state index contributed by atoms with van der Waals surface area (Å²) in [6, 6.07) is -0.710. The van der Waals surface area contributed by atoms with Crippen LogP contribution in [0.2, 0.25) is 0 Å². The van der Waals surface area contributed by atoms with Crippen LogP contribution in [0.4, 0.5) is 4.79 Å². The van der Waals surface area contributed by atoms with Gasteiger partial charge in [0, 0.05) is 6.54 Å². The molecule has 0 spiro atoms. The van der Waals surface area contributed by atoms with Gasteiger partial charge in [0.1, 0.15) is 24.4 Å². The van der Waals surface area contributed by atoms with E-state index in [0.717, 1.165) is 0 Å². The van der Waals surface area contributed by atoms with Crippen molar-refractivity contribution in [1.82, 2.24) is 5.32 Å². The molecule has 1 saturated heterocycles. The van der Waals surface area contributed by atoms with Gasteiger partial charge in [-0.3, -0.25) is 0 Å². The Hall–Kier alpha value is -0.930. The van der Waals surface area contributed by atoms with Gasteiger partial charge in [0.2, 0.25) is 0 Å². The zero-order valence-electron chi connectivity index (χ0n) is 9.19. The average molecular weight is 250 g/mol. The van der Waals surface area contributed by atoms with Crippen molar-refractivity contribution in [2.75, 3.05) is 13.2 Å². The van der Waals surface area contributed by atoms with Crippen LogP contribution in [0.3, 0.4) is 0 Å². The molecule has 5 atom stereocenters. The van der Waals surface area contributed by atoms with E-state index in [2.05, 4.69) is 5.32 Å². The van der Waals surface area contributed by atoms with Crippen molar-refractivity contribution in [2.24, 2.45) is 5.73 Å². The second-order valence-corrected chi connectivity index (χ2v) is 3.95. The number of aliphatic hydroxyl groups excluding tert-OH is 4. The van der Waals surface area contributed by atoms with Crippen LogP contribution in [0.25, 0.3) is 0 Å². The summed E-state index contributed by atoms with van der Waals surface area (Å²) in [7, 11) is 0. The van der Waals surface area contributed by atoms with Crippen LogP contribution in [-0.4, -0.2) is 70.1 Å². The summed E-state index contributed by atoms with van der Waals surface area (Å²) in [5.41, 5.74) is 4.84. The minimum Gasteiger partial charge on any atom is -0.394 e. The maximum absolute atomic E-state index is 10.4. The topological polar surface area (TPSA) is 145 Å². The van der Waals surface area contributed by atoms with E-state index in [1.165, 1.54) is 0 Å². The van der Waals surface area contributed by atoms with Crippen LogP contribution in [0.1, 0.15) is 6.42 Å². The number of hydrogen-bond acceptors (Lipinski definition) is 6. The molecule has 1 aliphatic rings. The van der Waals surface area contributed by atoms with Crippen LogP contribution >= 0.6 is 0 Å². The number of primary amides is 1. The summed E-state index contributed by atoms with van der Waals surface area (Å²) in [5.74, 6) is 0. The largest absolute Gasteiger partial charge is 0.394 e. The number of carbonyl (C=O) groups excluding carboxylic acids is 1. The maximum Gasteiger partial charge on any atom is 0.312 e. The average Bonchev–Trinajstić information content (AvgIpc) is 2.55. The van der Waals surface area contributed by atoms with E-state index in [1.54, 1.807) is 0 Å². The third-order valence-electron chi connectivity index (χ3n) is 2.70. The Labute approximate surface area is 98.0 Å². The zero-order valence-corrected chi connectivity index (χ0v) is 9.19. The number of nitrogens with one attached hydrogen (secondary N) is 1. The molecule has 0 bridgehead atoms. The zero-order chi connectivity index (χ0) is 13.0. The molecule has 7 N–H and O–H groups in total. The Morgan fingerprint density at radius 3 is 2.53 bits per heavy atom. The summed E-state index contributed by atoms with van der Waals surface area (Å²) in [5, 5.41) is 39.9. The third kappa shape index (κ3) is 3.51. The van der Waals surface area contributed by atoms with Gasteiger partial charge in [-0.15, -0.1) is 0 Å². The number of urea groups is 1. The quantitative estimate of drug-likeness (QED) is 0.304. The van der Waals surface area contributed by atoms with E-state index >= 15 is 0 Å². The van der Waals surface area contributed by atoms with Crippen molar-refractivity contribution >= 4 is 6.03 Å². The number of hydrogen-bond donors (Lipinski definition) is 6. The van der Waals surface area contributed by atoms with E-state index in [0.29, 0.717) is 0 Å². The monoisotopic (exact) mass is 250 g/mol. The van der Waals surface area contributed by atoms with E-state index in [9.17, 15) is 20.1 Å². The molecule has 8 nitrogen and oxygen atoms in total. The molecule has 1 rings (SSSR count). The van der Waals surface area contributed by atoms with Gasteiger partial charge in [0.05, 0.1) is 12.7 Å². The molecule has 0 radical (unpaired) electrons. The van der Waals surface area contributed by atoms with E-state index < -0.39 is 43.2 Å².